The number of alkyl halides is 6. The quantitative estimate of drug-likeness (QED) is 0.709. The highest BCUT2D eigenvalue weighted by Crippen LogP contribution is 2.34. The average molecular weight is 268 g/mol. The number of hydrogen-bond acceptors (Lipinski definition) is 2. The Morgan fingerprint density at radius 1 is 1.25 bits per heavy atom. The first-order valence-corrected chi connectivity index (χ1v) is 5.25. The van der Waals surface area contributed by atoms with E-state index in [1.54, 1.807) is 0 Å². The van der Waals surface area contributed by atoms with Crippen LogP contribution in [-0.4, -0.2) is 29.1 Å². The summed E-state index contributed by atoms with van der Waals surface area (Å²) in [7, 11) is 0. The lowest BCUT2D eigenvalue weighted by Crippen LogP contribution is -2.34. The highest BCUT2D eigenvalue weighted by atomic mass is 32.2. The summed E-state index contributed by atoms with van der Waals surface area (Å²) in [6.07, 6.45) is -11.5. The van der Waals surface area contributed by atoms with Gasteiger partial charge in [-0.3, -0.25) is 4.79 Å². The first-order valence-electron chi connectivity index (χ1n) is 4.26. The molecule has 16 heavy (non-hydrogen) atoms. The van der Waals surface area contributed by atoms with Gasteiger partial charge in [0.05, 0.1) is 6.42 Å². The Bertz CT molecular complexity index is 239. The fraction of sp³-hybridized carbons (Fsp3) is 0.875. The van der Waals surface area contributed by atoms with E-state index < -0.39 is 42.0 Å². The van der Waals surface area contributed by atoms with E-state index in [1.165, 1.54) is 0 Å². The van der Waals surface area contributed by atoms with Crippen molar-refractivity contribution in [3.63, 3.8) is 0 Å². The zero-order valence-corrected chi connectivity index (χ0v) is 9.10. The number of carbonyl (C=O) groups excluding carboxylic acids is 1. The van der Waals surface area contributed by atoms with Crippen molar-refractivity contribution in [3.05, 3.63) is 0 Å². The summed E-state index contributed by atoms with van der Waals surface area (Å²) in [6, 6.07) is 0. The van der Waals surface area contributed by atoms with Crippen LogP contribution in [-0.2, 0) is 4.79 Å². The standard InChI is InChI=1S/C8H10F6OS/c1-5(15)16-3-2-7(10,11)6(9)4-8(12,13)14/h6H,2-4H2,1H3. The Kier molecular flexibility index (Phi) is 5.64. The average Bonchev–Trinajstić information content (AvgIpc) is 1.99. The lowest BCUT2D eigenvalue weighted by molar-refractivity contribution is -0.177. The van der Waals surface area contributed by atoms with Crippen LogP contribution in [0.2, 0.25) is 0 Å². The summed E-state index contributed by atoms with van der Waals surface area (Å²) in [5.74, 6) is -4.46. The molecule has 0 radical (unpaired) electrons. The van der Waals surface area contributed by atoms with Gasteiger partial charge in [-0.1, -0.05) is 11.8 Å². The third-order valence-electron chi connectivity index (χ3n) is 1.61. The molecule has 0 N–H and O–H groups in total. The highest BCUT2D eigenvalue weighted by Gasteiger charge is 2.46. The van der Waals surface area contributed by atoms with Gasteiger partial charge in [-0.25, -0.2) is 13.2 Å². The maximum atomic E-state index is 12.8. The van der Waals surface area contributed by atoms with Crippen LogP contribution in [0.15, 0.2) is 0 Å². The second kappa shape index (κ2) is 5.79. The van der Waals surface area contributed by atoms with Crippen molar-refractivity contribution in [3.8, 4) is 0 Å². The molecule has 96 valence electrons. The highest BCUT2D eigenvalue weighted by molar-refractivity contribution is 8.13. The molecule has 0 bridgehead atoms. The van der Waals surface area contributed by atoms with Gasteiger partial charge in [0.2, 0.25) is 0 Å². The lowest BCUT2D eigenvalue weighted by atomic mass is 10.1. The lowest BCUT2D eigenvalue weighted by Gasteiger charge is -2.21. The van der Waals surface area contributed by atoms with Crippen LogP contribution in [0, 0.1) is 0 Å². The second-order valence-corrected chi connectivity index (χ2v) is 4.41. The van der Waals surface area contributed by atoms with Crippen molar-refractivity contribution in [1.29, 1.82) is 0 Å². The van der Waals surface area contributed by atoms with Gasteiger partial charge in [-0.15, -0.1) is 0 Å². The van der Waals surface area contributed by atoms with E-state index in [4.69, 9.17) is 0 Å². The molecule has 1 nitrogen and oxygen atoms in total. The SMILES string of the molecule is CC(=O)SCCC(F)(F)C(F)CC(F)(F)F. The molecule has 1 atom stereocenters. The second-order valence-electron chi connectivity index (χ2n) is 3.14. The van der Waals surface area contributed by atoms with Gasteiger partial charge in [0.15, 0.2) is 11.3 Å². The molecule has 0 fully saturated rings. The summed E-state index contributed by atoms with van der Waals surface area (Å²) in [5.41, 5.74) is 0. The Labute approximate surface area is 92.6 Å². The van der Waals surface area contributed by atoms with Gasteiger partial charge in [-0.05, 0) is 0 Å². The predicted octanol–water partition coefficient (Wildman–Crippen LogP) is 3.58. The third-order valence-corrected chi connectivity index (χ3v) is 2.42. The Morgan fingerprint density at radius 3 is 2.12 bits per heavy atom. The summed E-state index contributed by atoms with van der Waals surface area (Å²) < 4.78 is 73.2. The number of carbonyl (C=O) groups is 1. The van der Waals surface area contributed by atoms with Crippen molar-refractivity contribution in [2.24, 2.45) is 0 Å². The Hall–Kier alpha value is -0.400. The van der Waals surface area contributed by atoms with Gasteiger partial charge in [0, 0.05) is 19.1 Å². The minimum atomic E-state index is -4.96. The normalized spacial score (nSPS) is 14.9. The van der Waals surface area contributed by atoms with Crippen LogP contribution in [0.3, 0.4) is 0 Å². The van der Waals surface area contributed by atoms with Gasteiger partial charge >= 0.3 is 6.18 Å². The molecule has 0 heterocycles. The molecule has 1 unspecified atom stereocenters. The van der Waals surface area contributed by atoms with Crippen LogP contribution in [0.5, 0.6) is 0 Å². The van der Waals surface area contributed by atoms with E-state index >= 15 is 0 Å². The molecule has 8 heteroatoms. The molecule has 0 aromatic carbocycles. The van der Waals surface area contributed by atoms with Crippen LogP contribution in [0.25, 0.3) is 0 Å². The fourth-order valence-electron chi connectivity index (χ4n) is 0.840. The van der Waals surface area contributed by atoms with Gasteiger partial charge in [-0.2, -0.15) is 13.2 Å². The molecule has 0 amide bonds. The molecule has 0 aliphatic rings. The zero-order valence-electron chi connectivity index (χ0n) is 8.28. The smallest absolute Gasteiger partial charge is 0.288 e. The third kappa shape index (κ3) is 6.97. The first-order chi connectivity index (χ1) is 7.04. The Balaban J connectivity index is 4.15. The molecule has 0 aromatic rings. The summed E-state index contributed by atoms with van der Waals surface area (Å²) in [6.45, 7) is 1.13. The summed E-state index contributed by atoms with van der Waals surface area (Å²) >= 11 is 0.527. The van der Waals surface area contributed by atoms with Crippen LogP contribution >= 0.6 is 11.8 Å². The molecule has 0 aromatic heterocycles. The Morgan fingerprint density at radius 2 is 1.75 bits per heavy atom. The minimum Gasteiger partial charge on any atom is -0.288 e. The first kappa shape index (κ1) is 15.6. The van der Waals surface area contributed by atoms with E-state index in [0.29, 0.717) is 11.8 Å². The van der Waals surface area contributed by atoms with E-state index in [2.05, 4.69) is 0 Å². The van der Waals surface area contributed by atoms with E-state index in [1.807, 2.05) is 0 Å². The van der Waals surface area contributed by atoms with Crippen LogP contribution in [0.4, 0.5) is 26.3 Å². The molecule has 0 saturated carbocycles. The largest absolute Gasteiger partial charge is 0.392 e. The minimum absolute atomic E-state index is 0.402. The number of halogens is 6. The van der Waals surface area contributed by atoms with Gasteiger partial charge < -0.3 is 0 Å². The maximum Gasteiger partial charge on any atom is 0.392 e. The number of rotatable bonds is 5. The maximum absolute atomic E-state index is 12.8. The molecular formula is C8H10F6OS. The summed E-state index contributed by atoms with van der Waals surface area (Å²) in [5, 5.41) is -0.443. The van der Waals surface area contributed by atoms with Gasteiger partial charge in [0.1, 0.15) is 0 Å². The van der Waals surface area contributed by atoms with Crippen molar-refractivity contribution in [2.75, 3.05) is 5.75 Å². The van der Waals surface area contributed by atoms with Crippen molar-refractivity contribution in [2.45, 2.75) is 38.0 Å². The van der Waals surface area contributed by atoms with Crippen molar-refractivity contribution >= 4 is 16.9 Å². The molecule has 0 aliphatic carbocycles. The molecular weight excluding hydrogens is 258 g/mol. The van der Waals surface area contributed by atoms with Crippen LogP contribution in [0.1, 0.15) is 19.8 Å². The fourth-order valence-corrected chi connectivity index (χ4v) is 1.50. The number of hydrogen-bond donors (Lipinski definition) is 0. The van der Waals surface area contributed by atoms with Gasteiger partial charge in [0.25, 0.3) is 5.92 Å². The van der Waals surface area contributed by atoms with Crippen molar-refractivity contribution < 1.29 is 31.1 Å². The van der Waals surface area contributed by atoms with E-state index in [9.17, 15) is 31.1 Å². The molecule has 0 saturated heterocycles. The number of thioether (sulfide) groups is 1. The topological polar surface area (TPSA) is 17.1 Å². The molecule has 0 rings (SSSR count). The van der Waals surface area contributed by atoms with Crippen LogP contribution < -0.4 is 0 Å². The zero-order chi connectivity index (χ0) is 13.0. The van der Waals surface area contributed by atoms with Crippen molar-refractivity contribution in [1.82, 2.24) is 0 Å². The van der Waals surface area contributed by atoms with E-state index in [-0.39, 0.29) is 0 Å². The molecule has 0 spiro atoms. The monoisotopic (exact) mass is 268 g/mol. The predicted molar refractivity (Wildman–Crippen MR) is 48.3 cm³/mol. The molecule has 0 aliphatic heterocycles. The van der Waals surface area contributed by atoms with E-state index in [0.717, 1.165) is 6.92 Å². The summed E-state index contributed by atoms with van der Waals surface area (Å²) in [4.78, 5) is 10.4.